The van der Waals surface area contributed by atoms with Gasteiger partial charge in [0, 0.05) is 0 Å². The third-order valence-electron chi connectivity index (χ3n) is 1.90. The van der Waals surface area contributed by atoms with Crippen molar-refractivity contribution in [3.63, 3.8) is 0 Å². The summed E-state index contributed by atoms with van der Waals surface area (Å²) in [6.07, 6.45) is 9.93. The van der Waals surface area contributed by atoms with Crippen LogP contribution in [0.5, 0.6) is 0 Å². The summed E-state index contributed by atoms with van der Waals surface area (Å²) in [6.45, 7) is 4.64. The van der Waals surface area contributed by atoms with Crippen molar-refractivity contribution in [2.45, 2.75) is 31.9 Å². The van der Waals surface area contributed by atoms with Crippen LogP contribution in [0, 0.1) is 0 Å². The Kier molecular flexibility index (Phi) is 3.64. The molecule has 0 spiro atoms. The molecular formula is C8H20S. The molecule has 0 fully saturated rings. The van der Waals surface area contributed by atoms with E-state index in [-0.39, 0.29) is 10.0 Å². The van der Waals surface area contributed by atoms with Crippen molar-refractivity contribution in [3.05, 3.63) is 0 Å². The molecule has 0 nitrogen and oxygen atoms in total. The van der Waals surface area contributed by atoms with Gasteiger partial charge in [-0.1, -0.05) is 20.3 Å². The quantitative estimate of drug-likeness (QED) is 0.577. The van der Waals surface area contributed by atoms with Gasteiger partial charge in [0.15, 0.2) is 0 Å². The zero-order valence-electron chi connectivity index (χ0n) is 7.40. The minimum atomic E-state index is -0.265. The van der Waals surface area contributed by atoms with E-state index >= 15 is 0 Å². The summed E-state index contributed by atoms with van der Waals surface area (Å²) in [7, 11) is -0.265. The van der Waals surface area contributed by atoms with Gasteiger partial charge in [0.1, 0.15) is 0 Å². The number of hydrogen-bond acceptors (Lipinski definition) is 0. The van der Waals surface area contributed by atoms with Crippen molar-refractivity contribution in [2.24, 2.45) is 0 Å². The maximum absolute atomic E-state index is 2.40. The molecule has 58 valence electrons. The minimum absolute atomic E-state index is 0.265. The summed E-state index contributed by atoms with van der Waals surface area (Å²) < 4.78 is 0. The van der Waals surface area contributed by atoms with Gasteiger partial charge in [-0.25, -0.2) is 10.0 Å². The first-order chi connectivity index (χ1) is 3.98. The predicted octanol–water partition coefficient (Wildman–Crippen LogP) is 2.87. The normalized spacial score (nSPS) is 17.4. The van der Waals surface area contributed by atoms with Crippen LogP contribution in [0.4, 0.5) is 0 Å². The van der Waals surface area contributed by atoms with Gasteiger partial charge in [0.2, 0.25) is 0 Å². The largest absolute Gasteiger partial charge is 0.247 e. The molecule has 1 unspecified atom stereocenters. The standard InChI is InChI=1S/C8H20S/c1-6-7-8(2)9(3,4)5/h8H,6-7H2,1-5H3. The first-order valence-electron chi connectivity index (χ1n) is 3.65. The van der Waals surface area contributed by atoms with Gasteiger partial charge in [0.05, 0.1) is 0 Å². The Morgan fingerprint density at radius 2 is 1.67 bits per heavy atom. The average Bonchev–Trinajstić information content (AvgIpc) is 1.64. The number of hydrogen-bond donors (Lipinski definition) is 0. The fourth-order valence-electron chi connectivity index (χ4n) is 0.760. The summed E-state index contributed by atoms with van der Waals surface area (Å²) in [5, 5.41) is 0.947. The lowest BCUT2D eigenvalue weighted by molar-refractivity contribution is 0.781. The smallest absolute Gasteiger partial charge is 0.0148 e. The van der Waals surface area contributed by atoms with Crippen molar-refractivity contribution in [1.29, 1.82) is 0 Å². The molecule has 0 rings (SSSR count). The predicted molar refractivity (Wildman–Crippen MR) is 49.7 cm³/mol. The zero-order valence-corrected chi connectivity index (χ0v) is 8.22. The van der Waals surface area contributed by atoms with E-state index in [1.807, 2.05) is 0 Å². The Morgan fingerprint density at radius 1 is 1.22 bits per heavy atom. The van der Waals surface area contributed by atoms with Crippen molar-refractivity contribution in [1.82, 2.24) is 0 Å². The lowest BCUT2D eigenvalue weighted by Crippen LogP contribution is -2.10. The van der Waals surface area contributed by atoms with E-state index in [1.165, 1.54) is 12.8 Å². The third-order valence-corrected chi connectivity index (χ3v) is 4.55. The molecule has 1 atom stereocenters. The van der Waals surface area contributed by atoms with Gasteiger partial charge in [-0.05, 0) is 30.4 Å². The highest BCUT2D eigenvalue weighted by Gasteiger charge is 2.12. The second kappa shape index (κ2) is 3.50. The topological polar surface area (TPSA) is 0 Å². The van der Waals surface area contributed by atoms with Crippen LogP contribution in [0.3, 0.4) is 0 Å². The summed E-state index contributed by atoms with van der Waals surface area (Å²) >= 11 is 0. The first-order valence-corrected chi connectivity index (χ1v) is 6.57. The Morgan fingerprint density at radius 3 is 1.78 bits per heavy atom. The van der Waals surface area contributed by atoms with Crippen LogP contribution in [-0.2, 0) is 0 Å². The highest BCUT2D eigenvalue weighted by Crippen LogP contribution is 2.42. The summed E-state index contributed by atoms with van der Waals surface area (Å²) in [5.41, 5.74) is 0. The van der Waals surface area contributed by atoms with Crippen molar-refractivity contribution < 1.29 is 0 Å². The van der Waals surface area contributed by atoms with Gasteiger partial charge >= 0.3 is 0 Å². The van der Waals surface area contributed by atoms with Crippen LogP contribution in [0.2, 0.25) is 0 Å². The second-order valence-electron chi connectivity index (χ2n) is 3.53. The first kappa shape index (κ1) is 9.35. The van der Waals surface area contributed by atoms with Crippen LogP contribution in [0.1, 0.15) is 26.7 Å². The second-order valence-corrected chi connectivity index (χ2v) is 8.20. The van der Waals surface area contributed by atoms with E-state index < -0.39 is 0 Å². The Bertz CT molecular complexity index is 71.1. The Balaban J connectivity index is 3.59. The van der Waals surface area contributed by atoms with E-state index in [4.69, 9.17) is 0 Å². The van der Waals surface area contributed by atoms with E-state index in [2.05, 4.69) is 32.6 Å². The Hall–Kier alpha value is 0.350. The molecule has 0 bridgehead atoms. The molecular weight excluding hydrogens is 128 g/mol. The molecule has 9 heavy (non-hydrogen) atoms. The van der Waals surface area contributed by atoms with Gasteiger partial charge in [-0.2, -0.15) is 0 Å². The van der Waals surface area contributed by atoms with Crippen molar-refractivity contribution in [3.8, 4) is 0 Å². The van der Waals surface area contributed by atoms with Gasteiger partial charge < -0.3 is 0 Å². The van der Waals surface area contributed by atoms with Gasteiger partial charge in [-0.3, -0.25) is 0 Å². The van der Waals surface area contributed by atoms with Crippen LogP contribution >= 0.6 is 10.0 Å². The zero-order chi connectivity index (χ0) is 7.49. The van der Waals surface area contributed by atoms with Crippen LogP contribution in [0.15, 0.2) is 0 Å². The van der Waals surface area contributed by atoms with Crippen LogP contribution in [0.25, 0.3) is 0 Å². The molecule has 0 saturated carbocycles. The Labute approximate surface area is 61.4 Å². The highest BCUT2D eigenvalue weighted by atomic mass is 32.3. The highest BCUT2D eigenvalue weighted by molar-refractivity contribution is 8.32. The molecule has 0 saturated heterocycles. The molecule has 1 heteroatoms. The fraction of sp³-hybridized carbons (Fsp3) is 1.00. The molecule has 0 aliphatic heterocycles. The molecule has 0 heterocycles. The maximum Gasteiger partial charge on any atom is -0.0148 e. The SMILES string of the molecule is CCCC(C)S(C)(C)C. The molecule has 0 aliphatic rings. The summed E-state index contributed by atoms with van der Waals surface area (Å²) in [6, 6.07) is 0. The molecule has 0 aromatic rings. The third kappa shape index (κ3) is 3.85. The monoisotopic (exact) mass is 148 g/mol. The fourth-order valence-corrected chi connectivity index (χ4v) is 1.70. The summed E-state index contributed by atoms with van der Waals surface area (Å²) in [4.78, 5) is 0. The van der Waals surface area contributed by atoms with Gasteiger partial charge in [-0.15, -0.1) is 0 Å². The van der Waals surface area contributed by atoms with E-state index in [9.17, 15) is 0 Å². The van der Waals surface area contributed by atoms with Crippen molar-refractivity contribution in [2.75, 3.05) is 18.8 Å². The minimum Gasteiger partial charge on any atom is -0.247 e. The maximum atomic E-state index is 2.40. The molecule has 0 aromatic carbocycles. The lowest BCUT2D eigenvalue weighted by atomic mass is 10.3. The molecule has 0 aliphatic carbocycles. The average molecular weight is 148 g/mol. The molecule has 0 N–H and O–H groups in total. The van der Waals surface area contributed by atoms with E-state index in [0.717, 1.165) is 5.25 Å². The summed E-state index contributed by atoms with van der Waals surface area (Å²) in [5.74, 6) is 0. The van der Waals surface area contributed by atoms with Crippen LogP contribution in [-0.4, -0.2) is 24.0 Å². The molecule has 0 amide bonds. The van der Waals surface area contributed by atoms with Crippen LogP contribution < -0.4 is 0 Å². The van der Waals surface area contributed by atoms with Gasteiger partial charge in [0.25, 0.3) is 0 Å². The number of rotatable bonds is 3. The van der Waals surface area contributed by atoms with E-state index in [1.54, 1.807) is 0 Å². The molecule has 0 aromatic heterocycles. The lowest BCUT2D eigenvalue weighted by Gasteiger charge is -2.33. The van der Waals surface area contributed by atoms with E-state index in [0.29, 0.717) is 0 Å². The molecule has 0 radical (unpaired) electrons. The van der Waals surface area contributed by atoms with Crippen molar-refractivity contribution >= 4 is 10.0 Å².